The molecule has 2 aromatic rings. The first-order valence-corrected chi connectivity index (χ1v) is 7.19. The maximum Gasteiger partial charge on any atom is 0.261 e. The van der Waals surface area contributed by atoms with E-state index in [1.807, 2.05) is 0 Å². The summed E-state index contributed by atoms with van der Waals surface area (Å²) < 4.78 is 12.8. The predicted molar refractivity (Wildman–Crippen MR) is 82.7 cm³/mol. The molecule has 0 aromatic heterocycles. The Hall–Kier alpha value is -2.73. The Balaban J connectivity index is 1.60. The Bertz CT molecular complexity index is 711. The second kappa shape index (κ2) is 6.18. The molecule has 0 spiro atoms. The molecule has 1 aliphatic rings. The minimum absolute atomic E-state index is 0.0967. The van der Waals surface area contributed by atoms with Crippen molar-refractivity contribution in [3.8, 4) is 0 Å². The van der Waals surface area contributed by atoms with E-state index in [-0.39, 0.29) is 18.9 Å². The highest BCUT2D eigenvalue weighted by Crippen LogP contribution is 2.22. The van der Waals surface area contributed by atoms with Crippen LogP contribution in [0.4, 0.5) is 10.1 Å². The average molecular weight is 314 g/mol. The quantitative estimate of drug-likeness (QED) is 0.827. The van der Waals surface area contributed by atoms with Crippen molar-refractivity contribution < 1.29 is 19.1 Å². The fourth-order valence-corrected chi connectivity index (χ4v) is 2.48. The number of carbonyl (C=O) groups is 2. The highest BCUT2D eigenvalue weighted by atomic mass is 19.1. The number of rotatable bonds is 5. The molecule has 6 heteroatoms. The molecule has 1 heterocycles. The van der Waals surface area contributed by atoms with E-state index in [1.54, 1.807) is 36.4 Å². The van der Waals surface area contributed by atoms with Crippen LogP contribution in [0.25, 0.3) is 0 Å². The summed E-state index contributed by atoms with van der Waals surface area (Å²) in [6.45, 7) is 0.0412. The summed E-state index contributed by atoms with van der Waals surface area (Å²) in [7, 11) is 0. The van der Waals surface area contributed by atoms with Gasteiger partial charge in [-0.15, -0.1) is 0 Å². The number of benzene rings is 2. The number of nitrogens with one attached hydrogen (secondary N) is 1. The zero-order chi connectivity index (χ0) is 16.4. The zero-order valence-electron chi connectivity index (χ0n) is 12.2. The number of aliphatic hydroxyl groups excluding tert-OH is 1. The first-order valence-electron chi connectivity index (χ1n) is 7.19. The van der Waals surface area contributed by atoms with Crippen LogP contribution in [0.2, 0.25) is 0 Å². The topological polar surface area (TPSA) is 69.6 Å². The van der Waals surface area contributed by atoms with Gasteiger partial charge >= 0.3 is 0 Å². The number of aliphatic hydroxyl groups is 1. The number of imide groups is 1. The van der Waals surface area contributed by atoms with Crippen LogP contribution < -0.4 is 5.32 Å². The van der Waals surface area contributed by atoms with Crippen molar-refractivity contribution in [2.24, 2.45) is 0 Å². The normalized spacial score (nSPS) is 14.8. The fraction of sp³-hybridized carbons (Fsp3) is 0.176. The number of fused-ring (bicyclic) bond motifs is 1. The van der Waals surface area contributed by atoms with E-state index in [1.165, 1.54) is 12.1 Å². The largest absolute Gasteiger partial charge is 0.389 e. The molecule has 118 valence electrons. The Kier molecular flexibility index (Phi) is 4.08. The zero-order valence-corrected chi connectivity index (χ0v) is 12.2. The average Bonchev–Trinajstić information content (AvgIpc) is 2.80. The number of anilines is 1. The molecule has 0 saturated heterocycles. The lowest BCUT2D eigenvalue weighted by molar-refractivity contribution is 0.0558. The smallest absolute Gasteiger partial charge is 0.261 e. The van der Waals surface area contributed by atoms with Gasteiger partial charge in [0.25, 0.3) is 11.8 Å². The molecule has 2 N–H and O–H groups in total. The van der Waals surface area contributed by atoms with Crippen molar-refractivity contribution >= 4 is 17.5 Å². The monoisotopic (exact) mass is 314 g/mol. The molecule has 0 unspecified atom stereocenters. The third kappa shape index (κ3) is 3.07. The number of halogens is 1. The number of nitrogens with zero attached hydrogens (tertiary/aromatic N) is 1. The van der Waals surface area contributed by atoms with Gasteiger partial charge in [-0.25, -0.2) is 4.39 Å². The molecule has 0 radical (unpaired) electrons. The van der Waals surface area contributed by atoms with E-state index in [9.17, 15) is 19.1 Å². The highest BCUT2D eigenvalue weighted by molar-refractivity contribution is 6.21. The van der Waals surface area contributed by atoms with Crippen LogP contribution in [-0.4, -0.2) is 41.0 Å². The standard InChI is InChI=1S/C17H15FN2O3/c18-11-5-7-12(8-6-11)19-9-13(21)10-20-16(22)14-3-1-2-4-15(14)17(20)23/h1-8,13,19,21H,9-10H2/t13-/m1/s1. The van der Waals surface area contributed by atoms with Crippen LogP contribution in [0.1, 0.15) is 20.7 Å². The lowest BCUT2D eigenvalue weighted by atomic mass is 10.1. The molecule has 2 aromatic carbocycles. The van der Waals surface area contributed by atoms with Gasteiger partial charge in [0.1, 0.15) is 5.82 Å². The Labute approximate surface area is 132 Å². The van der Waals surface area contributed by atoms with Gasteiger partial charge in [-0.2, -0.15) is 0 Å². The van der Waals surface area contributed by atoms with Crippen LogP contribution in [0.3, 0.4) is 0 Å². The number of amides is 2. The van der Waals surface area contributed by atoms with Gasteiger partial charge in [0, 0.05) is 12.2 Å². The molecule has 3 rings (SSSR count). The van der Waals surface area contributed by atoms with Gasteiger partial charge < -0.3 is 10.4 Å². The minimum atomic E-state index is -0.928. The molecule has 0 aliphatic carbocycles. The molecule has 0 bridgehead atoms. The third-order valence-electron chi connectivity index (χ3n) is 3.66. The van der Waals surface area contributed by atoms with Gasteiger partial charge in [0.05, 0.1) is 23.8 Å². The van der Waals surface area contributed by atoms with E-state index < -0.39 is 17.9 Å². The van der Waals surface area contributed by atoms with Crippen LogP contribution in [0, 0.1) is 5.82 Å². The number of hydrogen-bond donors (Lipinski definition) is 2. The second-order valence-corrected chi connectivity index (χ2v) is 5.31. The summed E-state index contributed by atoms with van der Waals surface area (Å²) in [6, 6.07) is 12.3. The Morgan fingerprint density at radius 3 is 2.13 bits per heavy atom. The maximum atomic E-state index is 12.8. The number of carbonyl (C=O) groups excluding carboxylic acids is 2. The van der Waals surface area contributed by atoms with Gasteiger partial charge in [-0.3, -0.25) is 14.5 Å². The van der Waals surface area contributed by atoms with Gasteiger partial charge in [-0.1, -0.05) is 12.1 Å². The second-order valence-electron chi connectivity index (χ2n) is 5.31. The summed E-state index contributed by atoms with van der Waals surface area (Å²) in [4.78, 5) is 25.4. The minimum Gasteiger partial charge on any atom is -0.389 e. The van der Waals surface area contributed by atoms with E-state index in [0.717, 1.165) is 4.90 Å². The van der Waals surface area contributed by atoms with Gasteiger partial charge in [0.15, 0.2) is 0 Å². The van der Waals surface area contributed by atoms with Crippen LogP contribution in [0.15, 0.2) is 48.5 Å². The van der Waals surface area contributed by atoms with E-state index in [2.05, 4.69) is 5.32 Å². The number of hydrogen-bond acceptors (Lipinski definition) is 4. The van der Waals surface area contributed by atoms with Crippen LogP contribution >= 0.6 is 0 Å². The molecule has 23 heavy (non-hydrogen) atoms. The first-order chi connectivity index (χ1) is 11.1. The van der Waals surface area contributed by atoms with Crippen molar-refractivity contribution in [1.82, 2.24) is 4.90 Å². The highest BCUT2D eigenvalue weighted by Gasteiger charge is 2.35. The molecule has 0 fully saturated rings. The molecule has 5 nitrogen and oxygen atoms in total. The van der Waals surface area contributed by atoms with E-state index in [4.69, 9.17) is 0 Å². The Morgan fingerprint density at radius 2 is 1.57 bits per heavy atom. The molecular formula is C17H15FN2O3. The van der Waals surface area contributed by atoms with Gasteiger partial charge in [-0.05, 0) is 36.4 Å². The summed E-state index contributed by atoms with van der Waals surface area (Å²) >= 11 is 0. The molecular weight excluding hydrogens is 299 g/mol. The SMILES string of the molecule is O=C1c2ccccc2C(=O)N1C[C@H](O)CNc1ccc(F)cc1. The van der Waals surface area contributed by atoms with Crippen molar-refractivity contribution in [2.45, 2.75) is 6.10 Å². The molecule has 1 atom stereocenters. The Morgan fingerprint density at radius 1 is 1.00 bits per heavy atom. The lowest BCUT2D eigenvalue weighted by Crippen LogP contribution is -2.39. The summed E-state index contributed by atoms with van der Waals surface area (Å²) in [5, 5.41) is 13.0. The van der Waals surface area contributed by atoms with E-state index >= 15 is 0 Å². The maximum absolute atomic E-state index is 12.8. The van der Waals surface area contributed by atoms with Gasteiger partial charge in [0.2, 0.25) is 0 Å². The van der Waals surface area contributed by atoms with E-state index in [0.29, 0.717) is 16.8 Å². The molecule has 2 amide bonds. The predicted octanol–water partition coefficient (Wildman–Crippen LogP) is 1.89. The van der Waals surface area contributed by atoms with Crippen LogP contribution in [-0.2, 0) is 0 Å². The summed E-state index contributed by atoms with van der Waals surface area (Å²) in [5.74, 6) is -1.14. The fourth-order valence-electron chi connectivity index (χ4n) is 2.48. The number of β-amino-alcohol motifs (C(OH)–C–C–N with tert-alkyl or cyclic N) is 1. The molecule has 1 aliphatic heterocycles. The summed E-state index contributed by atoms with van der Waals surface area (Å²) in [6.07, 6.45) is -0.928. The van der Waals surface area contributed by atoms with Crippen molar-refractivity contribution in [3.05, 3.63) is 65.5 Å². The lowest BCUT2D eigenvalue weighted by Gasteiger charge is -2.19. The van der Waals surface area contributed by atoms with Crippen molar-refractivity contribution in [3.63, 3.8) is 0 Å². The summed E-state index contributed by atoms with van der Waals surface area (Å²) in [5.41, 5.74) is 1.36. The first kappa shape index (κ1) is 15.2. The van der Waals surface area contributed by atoms with Crippen LogP contribution in [0.5, 0.6) is 0 Å². The third-order valence-corrected chi connectivity index (χ3v) is 3.66. The van der Waals surface area contributed by atoms with Crippen molar-refractivity contribution in [2.75, 3.05) is 18.4 Å². The molecule has 0 saturated carbocycles. The van der Waals surface area contributed by atoms with Crippen molar-refractivity contribution in [1.29, 1.82) is 0 Å².